The Morgan fingerprint density at radius 1 is 1.15 bits per heavy atom. The predicted octanol–water partition coefficient (Wildman–Crippen LogP) is 2.52. The van der Waals surface area contributed by atoms with Crippen molar-refractivity contribution >= 4 is 0 Å². The smallest absolute Gasteiger partial charge is 0.396 e. The Balaban J connectivity index is 2.24. The third-order valence-electron chi connectivity index (χ3n) is 2.88. The first-order valence-electron chi connectivity index (χ1n) is 6.13. The van der Waals surface area contributed by atoms with Gasteiger partial charge < -0.3 is 5.11 Å². The summed E-state index contributed by atoms with van der Waals surface area (Å²) in [5.41, 5.74) is 1.21. The van der Waals surface area contributed by atoms with Gasteiger partial charge in [-0.3, -0.25) is 0 Å². The van der Waals surface area contributed by atoms with E-state index < -0.39 is 11.7 Å². The topological polar surface area (TPSA) is 50.9 Å². The summed E-state index contributed by atoms with van der Waals surface area (Å²) in [4.78, 5) is 1.31. The van der Waals surface area contributed by atoms with Gasteiger partial charge in [0.1, 0.15) is 0 Å². The summed E-state index contributed by atoms with van der Waals surface area (Å²) in [6, 6.07) is 4.67. The molecular formula is C13H14F3N3O. The number of rotatable bonds is 4. The molecule has 0 aliphatic carbocycles. The van der Waals surface area contributed by atoms with E-state index in [2.05, 4.69) is 10.2 Å². The minimum atomic E-state index is -4.35. The van der Waals surface area contributed by atoms with Gasteiger partial charge in [0.05, 0.1) is 22.6 Å². The van der Waals surface area contributed by atoms with Gasteiger partial charge in [0.25, 0.3) is 0 Å². The zero-order valence-corrected chi connectivity index (χ0v) is 10.9. The van der Waals surface area contributed by atoms with Crippen molar-refractivity contribution in [1.29, 1.82) is 0 Å². The van der Waals surface area contributed by atoms with Crippen LogP contribution in [-0.2, 0) is 12.6 Å². The van der Waals surface area contributed by atoms with Gasteiger partial charge in [-0.15, -0.1) is 0 Å². The van der Waals surface area contributed by atoms with Gasteiger partial charge in [0.2, 0.25) is 0 Å². The lowest BCUT2D eigenvalue weighted by Crippen LogP contribution is -2.06. The van der Waals surface area contributed by atoms with Crippen molar-refractivity contribution < 1.29 is 18.3 Å². The lowest BCUT2D eigenvalue weighted by molar-refractivity contribution is -0.137. The van der Waals surface area contributed by atoms with Crippen molar-refractivity contribution in [3.05, 3.63) is 41.2 Å². The van der Waals surface area contributed by atoms with Gasteiger partial charge in [-0.2, -0.15) is 28.2 Å². The molecule has 0 saturated carbocycles. The third kappa shape index (κ3) is 3.16. The van der Waals surface area contributed by atoms with Gasteiger partial charge in [-0.1, -0.05) is 0 Å². The highest BCUT2D eigenvalue weighted by Crippen LogP contribution is 2.29. The van der Waals surface area contributed by atoms with Crippen LogP contribution >= 0.6 is 0 Å². The molecule has 0 spiro atoms. The van der Waals surface area contributed by atoms with Gasteiger partial charge in [-0.05, 0) is 44.0 Å². The normalized spacial score (nSPS) is 11.8. The fourth-order valence-corrected chi connectivity index (χ4v) is 1.79. The number of hydrogen-bond acceptors (Lipinski definition) is 3. The Morgan fingerprint density at radius 2 is 1.80 bits per heavy atom. The van der Waals surface area contributed by atoms with E-state index in [9.17, 15) is 13.2 Å². The summed E-state index contributed by atoms with van der Waals surface area (Å²) in [5.74, 6) is 0. The monoisotopic (exact) mass is 285 g/mol. The van der Waals surface area contributed by atoms with Crippen molar-refractivity contribution in [3.63, 3.8) is 0 Å². The number of aryl methyl sites for hydroxylation is 2. The van der Waals surface area contributed by atoms with E-state index in [4.69, 9.17) is 5.11 Å². The molecule has 1 aromatic carbocycles. The number of nitrogens with zero attached hydrogens (tertiary/aromatic N) is 3. The average molecular weight is 285 g/mol. The van der Waals surface area contributed by atoms with Crippen LogP contribution < -0.4 is 0 Å². The minimum Gasteiger partial charge on any atom is -0.396 e. The van der Waals surface area contributed by atoms with Crippen LogP contribution in [-0.4, -0.2) is 26.7 Å². The lowest BCUT2D eigenvalue weighted by Gasteiger charge is -2.06. The van der Waals surface area contributed by atoms with E-state index in [1.807, 2.05) is 0 Å². The molecule has 0 aliphatic heterocycles. The molecule has 0 fully saturated rings. The van der Waals surface area contributed by atoms with Crippen LogP contribution in [0.3, 0.4) is 0 Å². The molecule has 0 unspecified atom stereocenters. The molecule has 2 rings (SSSR count). The number of hydrogen-bond donors (Lipinski definition) is 1. The molecule has 108 valence electrons. The molecule has 0 saturated heterocycles. The molecule has 20 heavy (non-hydrogen) atoms. The maximum Gasteiger partial charge on any atom is 0.416 e. The first-order chi connectivity index (χ1) is 9.41. The second-order valence-electron chi connectivity index (χ2n) is 4.39. The molecule has 0 radical (unpaired) electrons. The summed E-state index contributed by atoms with van der Waals surface area (Å²) in [6.45, 7) is 1.84. The average Bonchev–Trinajstić information content (AvgIpc) is 2.77. The SMILES string of the molecule is Cc1nn(-c2ccc(C(F)(F)F)cc2)nc1CCCO. The Hall–Kier alpha value is -1.89. The van der Waals surface area contributed by atoms with E-state index in [-0.39, 0.29) is 6.61 Å². The third-order valence-corrected chi connectivity index (χ3v) is 2.88. The zero-order chi connectivity index (χ0) is 14.8. The van der Waals surface area contributed by atoms with E-state index >= 15 is 0 Å². The van der Waals surface area contributed by atoms with Crippen molar-refractivity contribution in [3.8, 4) is 5.69 Å². The van der Waals surface area contributed by atoms with Crippen LogP contribution in [0.25, 0.3) is 5.69 Å². The fraction of sp³-hybridized carbons (Fsp3) is 0.385. The predicted molar refractivity (Wildman–Crippen MR) is 66.5 cm³/mol. The zero-order valence-electron chi connectivity index (χ0n) is 10.9. The molecule has 2 aromatic rings. The second kappa shape index (κ2) is 5.62. The number of aliphatic hydroxyl groups is 1. The Bertz CT molecular complexity index is 576. The second-order valence-corrected chi connectivity index (χ2v) is 4.39. The number of alkyl halides is 3. The highest BCUT2D eigenvalue weighted by molar-refractivity contribution is 5.34. The van der Waals surface area contributed by atoms with Gasteiger partial charge >= 0.3 is 6.18 Å². The van der Waals surface area contributed by atoms with E-state index in [0.717, 1.165) is 17.8 Å². The van der Waals surface area contributed by atoms with Gasteiger partial charge in [0, 0.05) is 6.61 Å². The maximum atomic E-state index is 12.5. The number of aliphatic hydroxyl groups excluding tert-OH is 1. The molecular weight excluding hydrogens is 271 g/mol. The standard InChI is InChI=1S/C13H14F3N3O/c1-9-12(3-2-8-20)18-19(17-9)11-6-4-10(5-7-11)13(14,15)16/h4-7,20H,2-3,8H2,1H3. The van der Waals surface area contributed by atoms with Gasteiger partial charge in [0.15, 0.2) is 0 Å². The molecule has 0 amide bonds. The van der Waals surface area contributed by atoms with Crippen LogP contribution in [0.15, 0.2) is 24.3 Å². The Kier molecular flexibility index (Phi) is 4.08. The number of aromatic nitrogens is 3. The molecule has 0 bridgehead atoms. The summed E-state index contributed by atoms with van der Waals surface area (Å²) in [5, 5.41) is 17.2. The van der Waals surface area contributed by atoms with Crippen molar-refractivity contribution in [1.82, 2.24) is 15.0 Å². The van der Waals surface area contributed by atoms with Crippen LogP contribution in [0, 0.1) is 6.92 Å². The molecule has 1 aromatic heterocycles. The highest BCUT2D eigenvalue weighted by Gasteiger charge is 2.30. The molecule has 4 nitrogen and oxygen atoms in total. The highest BCUT2D eigenvalue weighted by atomic mass is 19.4. The van der Waals surface area contributed by atoms with Crippen molar-refractivity contribution in [2.45, 2.75) is 25.9 Å². The fourth-order valence-electron chi connectivity index (χ4n) is 1.79. The molecule has 0 atom stereocenters. The first-order valence-corrected chi connectivity index (χ1v) is 6.13. The molecule has 7 heteroatoms. The molecule has 1 heterocycles. The van der Waals surface area contributed by atoms with E-state index in [1.54, 1.807) is 6.92 Å². The van der Waals surface area contributed by atoms with E-state index in [1.165, 1.54) is 16.9 Å². The quantitative estimate of drug-likeness (QED) is 0.939. The van der Waals surface area contributed by atoms with Crippen LogP contribution in [0.5, 0.6) is 0 Å². The maximum absolute atomic E-state index is 12.5. The minimum absolute atomic E-state index is 0.0621. The lowest BCUT2D eigenvalue weighted by atomic mass is 10.2. The van der Waals surface area contributed by atoms with Gasteiger partial charge in [-0.25, -0.2) is 0 Å². The summed E-state index contributed by atoms with van der Waals surface area (Å²) < 4.78 is 37.4. The molecule has 0 aliphatic rings. The summed E-state index contributed by atoms with van der Waals surface area (Å²) in [6.07, 6.45) is -3.19. The van der Waals surface area contributed by atoms with Crippen LogP contribution in [0.1, 0.15) is 23.4 Å². The van der Waals surface area contributed by atoms with Crippen LogP contribution in [0.2, 0.25) is 0 Å². The molecule has 1 N–H and O–H groups in total. The Labute approximate surface area is 113 Å². The summed E-state index contributed by atoms with van der Waals surface area (Å²) >= 11 is 0. The van der Waals surface area contributed by atoms with E-state index in [0.29, 0.717) is 24.2 Å². The van der Waals surface area contributed by atoms with Crippen LogP contribution in [0.4, 0.5) is 13.2 Å². The first kappa shape index (κ1) is 14.5. The number of halogens is 3. The number of benzene rings is 1. The largest absolute Gasteiger partial charge is 0.416 e. The van der Waals surface area contributed by atoms with Crippen molar-refractivity contribution in [2.24, 2.45) is 0 Å². The summed E-state index contributed by atoms with van der Waals surface area (Å²) in [7, 11) is 0. The van der Waals surface area contributed by atoms with Crippen molar-refractivity contribution in [2.75, 3.05) is 6.61 Å². The Morgan fingerprint density at radius 3 is 2.35 bits per heavy atom.